The van der Waals surface area contributed by atoms with Gasteiger partial charge < -0.3 is 10.6 Å². The minimum Gasteiger partial charge on any atom is -0.366 e. The molecule has 0 aliphatic carbocycles. The fourth-order valence-corrected chi connectivity index (χ4v) is 4.96. The molecule has 2 amide bonds. The molecule has 0 heterocycles. The molecule has 9 heteroatoms. The van der Waals surface area contributed by atoms with E-state index in [1.807, 2.05) is 0 Å². The molecule has 0 radical (unpaired) electrons. The van der Waals surface area contributed by atoms with Crippen LogP contribution in [0.5, 0.6) is 0 Å². The zero-order chi connectivity index (χ0) is 24.2. The van der Waals surface area contributed by atoms with Gasteiger partial charge in [-0.3, -0.25) is 13.9 Å². The van der Waals surface area contributed by atoms with E-state index >= 15 is 0 Å². The molecule has 0 spiro atoms. The number of hydrogen-bond acceptors (Lipinski definition) is 4. The van der Waals surface area contributed by atoms with E-state index in [4.69, 9.17) is 17.3 Å². The number of primary amides is 1. The summed E-state index contributed by atoms with van der Waals surface area (Å²) < 4.78 is 28.0. The predicted molar refractivity (Wildman–Crippen MR) is 130 cm³/mol. The Balaban J connectivity index is 1.96. The first-order chi connectivity index (χ1) is 15.7. The zero-order valence-corrected chi connectivity index (χ0v) is 19.4. The molecule has 3 aromatic carbocycles. The fraction of sp³-hybridized carbons (Fsp3) is 0.0833. The van der Waals surface area contributed by atoms with Crippen molar-refractivity contribution in [3.63, 3.8) is 0 Å². The summed E-state index contributed by atoms with van der Waals surface area (Å²) in [5, 5.41) is 0.272. The van der Waals surface area contributed by atoms with Gasteiger partial charge in [0.25, 0.3) is 15.9 Å². The van der Waals surface area contributed by atoms with Crippen LogP contribution in [-0.4, -0.2) is 33.8 Å². The molecular formula is C24H22ClN3O4S. The van der Waals surface area contributed by atoms with Gasteiger partial charge >= 0.3 is 0 Å². The van der Waals surface area contributed by atoms with Crippen LogP contribution in [0, 0.1) is 0 Å². The van der Waals surface area contributed by atoms with Crippen molar-refractivity contribution in [3.8, 4) is 0 Å². The van der Waals surface area contributed by atoms with Crippen LogP contribution in [0.15, 0.2) is 90.3 Å². The summed E-state index contributed by atoms with van der Waals surface area (Å²) in [5.74, 6) is -0.997. The van der Waals surface area contributed by atoms with E-state index in [2.05, 4.69) is 6.58 Å². The Hall–Kier alpha value is -3.62. The SMILES string of the molecule is C=CCN(c1ccccc1Cl)S(=O)(=O)c1cccc(C(=O)N(C)c2ccc(C(N)=O)cc2)c1. The van der Waals surface area contributed by atoms with E-state index in [0.717, 1.165) is 4.31 Å². The number of rotatable bonds is 8. The fourth-order valence-electron chi connectivity index (χ4n) is 3.17. The van der Waals surface area contributed by atoms with Crippen LogP contribution in [-0.2, 0) is 10.0 Å². The number of amides is 2. The smallest absolute Gasteiger partial charge is 0.264 e. The van der Waals surface area contributed by atoms with Crippen LogP contribution in [0.25, 0.3) is 0 Å². The third-order valence-electron chi connectivity index (χ3n) is 4.93. The lowest BCUT2D eigenvalue weighted by Crippen LogP contribution is -2.32. The minimum absolute atomic E-state index is 0.00362. The third-order valence-corrected chi connectivity index (χ3v) is 7.02. The first kappa shape index (κ1) is 24.0. The summed E-state index contributed by atoms with van der Waals surface area (Å²) in [7, 11) is -2.49. The highest BCUT2D eigenvalue weighted by Gasteiger charge is 2.27. The van der Waals surface area contributed by atoms with Gasteiger partial charge in [0.1, 0.15) is 0 Å². The third kappa shape index (κ3) is 5.08. The van der Waals surface area contributed by atoms with Crippen molar-refractivity contribution >= 4 is 44.8 Å². The van der Waals surface area contributed by atoms with E-state index in [9.17, 15) is 18.0 Å². The van der Waals surface area contributed by atoms with Gasteiger partial charge in [-0.05, 0) is 54.6 Å². The average molecular weight is 484 g/mol. The van der Waals surface area contributed by atoms with E-state index in [1.54, 1.807) is 43.4 Å². The molecule has 0 aromatic heterocycles. The van der Waals surface area contributed by atoms with E-state index in [1.165, 1.54) is 47.4 Å². The molecule has 3 aromatic rings. The number of carbonyl (C=O) groups is 2. The lowest BCUT2D eigenvalue weighted by atomic mass is 10.1. The van der Waals surface area contributed by atoms with Crippen LogP contribution >= 0.6 is 11.6 Å². The molecule has 7 nitrogen and oxygen atoms in total. The number of halogens is 1. The van der Waals surface area contributed by atoms with Crippen LogP contribution in [0.4, 0.5) is 11.4 Å². The van der Waals surface area contributed by atoms with E-state index < -0.39 is 21.8 Å². The van der Waals surface area contributed by atoms with Crippen LogP contribution in [0.3, 0.4) is 0 Å². The first-order valence-electron chi connectivity index (χ1n) is 9.83. The molecule has 0 unspecified atom stereocenters. The van der Waals surface area contributed by atoms with E-state index in [0.29, 0.717) is 16.9 Å². The van der Waals surface area contributed by atoms with Gasteiger partial charge in [0.15, 0.2) is 0 Å². The van der Waals surface area contributed by atoms with E-state index in [-0.39, 0.29) is 22.0 Å². The highest BCUT2D eigenvalue weighted by Crippen LogP contribution is 2.30. The van der Waals surface area contributed by atoms with Gasteiger partial charge in [-0.15, -0.1) is 6.58 Å². The molecule has 2 N–H and O–H groups in total. The Morgan fingerprint density at radius 1 is 1.00 bits per heavy atom. The van der Waals surface area contributed by atoms with Crippen molar-refractivity contribution in [1.29, 1.82) is 0 Å². The quantitative estimate of drug-likeness (QED) is 0.487. The average Bonchev–Trinajstić information content (AvgIpc) is 2.82. The molecule has 0 saturated heterocycles. The summed E-state index contributed by atoms with van der Waals surface area (Å²) in [6.45, 7) is 3.64. The molecule has 0 atom stereocenters. The van der Waals surface area contributed by atoms with Gasteiger partial charge in [0.05, 0.1) is 22.2 Å². The number of anilines is 2. The number of nitrogens with two attached hydrogens (primary N) is 1. The van der Waals surface area contributed by atoms with Gasteiger partial charge in [-0.2, -0.15) is 0 Å². The molecule has 33 heavy (non-hydrogen) atoms. The second-order valence-corrected chi connectivity index (χ2v) is 9.35. The largest absolute Gasteiger partial charge is 0.366 e. The highest BCUT2D eigenvalue weighted by molar-refractivity contribution is 7.92. The van der Waals surface area contributed by atoms with Gasteiger partial charge in [0.2, 0.25) is 5.91 Å². The van der Waals surface area contributed by atoms with Crippen LogP contribution in [0.1, 0.15) is 20.7 Å². The molecular weight excluding hydrogens is 462 g/mol. The van der Waals surface area contributed by atoms with Gasteiger partial charge in [0, 0.05) is 23.9 Å². The molecule has 0 bridgehead atoms. The van der Waals surface area contributed by atoms with Crippen molar-refractivity contribution < 1.29 is 18.0 Å². The van der Waals surface area contributed by atoms with Gasteiger partial charge in [-0.25, -0.2) is 8.42 Å². The number of para-hydroxylation sites is 1. The zero-order valence-electron chi connectivity index (χ0n) is 17.8. The first-order valence-corrected chi connectivity index (χ1v) is 11.6. The monoisotopic (exact) mass is 483 g/mol. The number of benzene rings is 3. The van der Waals surface area contributed by atoms with Crippen molar-refractivity contribution in [1.82, 2.24) is 0 Å². The number of carbonyl (C=O) groups excluding carboxylic acids is 2. The Kier molecular flexibility index (Phi) is 7.20. The number of nitrogens with zero attached hydrogens (tertiary/aromatic N) is 2. The second kappa shape index (κ2) is 9.89. The van der Waals surface area contributed by atoms with Crippen LogP contribution < -0.4 is 14.9 Å². The summed E-state index contributed by atoms with van der Waals surface area (Å²) >= 11 is 6.24. The normalized spacial score (nSPS) is 11.0. The van der Waals surface area contributed by atoms with Crippen LogP contribution in [0.2, 0.25) is 5.02 Å². The minimum atomic E-state index is -4.04. The Labute approximate surface area is 197 Å². The summed E-state index contributed by atoms with van der Waals surface area (Å²) in [6, 6.07) is 18.6. The van der Waals surface area contributed by atoms with Crippen molar-refractivity contribution in [2.24, 2.45) is 5.73 Å². The highest BCUT2D eigenvalue weighted by atomic mass is 35.5. The summed E-state index contributed by atoms with van der Waals surface area (Å²) in [5.41, 5.74) is 6.57. The molecule has 3 rings (SSSR count). The lowest BCUT2D eigenvalue weighted by molar-refractivity contribution is 0.0989. The van der Waals surface area contributed by atoms with Crippen molar-refractivity contribution in [2.45, 2.75) is 4.90 Å². The molecule has 0 aliphatic rings. The number of sulfonamides is 1. The summed E-state index contributed by atoms with van der Waals surface area (Å²) in [6.07, 6.45) is 1.46. The van der Waals surface area contributed by atoms with Crippen molar-refractivity contribution in [3.05, 3.63) is 102 Å². The maximum atomic E-state index is 13.4. The Morgan fingerprint density at radius 3 is 2.27 bits per heavy atom. The second-order valence-electron chi connectivity index (χ2n) is 7.08. The van der Waals surface area contributed by atoms with Crippen molar-refractivity contribution in [2.75, 3.05) is 22.8 Å². The molecule has 0 fully saturated rings. The molecule has 0 aliphatic heterocycles. The predicted octanol–water partition coefficient (Wildman–Crippen LogP) is 4.10. The maximum Gasteiger partial charge on any atom is 0.264 e. The topological polar surface area (TPSA) is 101 Å². The Morgan fingerprint density at radius 2 is 1.67 bits per heavy atom. The standard InChI is InChI=1S/C24H22ClN3O4S/c1-3-15-28(22-10-5-4-9-21(22)25)33(31,32)20-8-6-7-18(16-20)24(30)27(2)19-13-11-17(12-14-19)23(26)29/h3-14,16H,1,15H2,2H3,(H2,26,29). The summed E-state index contributed by atoms with van der Waals surface area (Å²) in [4.78, 5) is 25.6. The molecule has 0 saturated carbocycles. The molecule has 170 valence electrons. The Bertz CT molecular complexity index is 1310. The van der Waals surface area contributed by atoms with Gasteiger partial charge in [-0.1, -0.05) is 35.9 Å². The lowest BCUT2D eigenvalue weighted by Gasteiger charge is -2.24. The number of hydrogen-bond donors (Lipinski definition) is 1. The maximum absolute atomic E-state index is 13.4.